The number of benzene rings is 2. The summed E-state index contributed by atoms with van der Waals surface area (Å²) >= 11 is 0. The van der Waals surface area contributed by atoms with E-state index in [2.05, 4.69) is 0 Å². The van der Waals surface area contributed by atoms with E-state index in [0.29, 0.717) is 37.7 Å². The Morgan fingerprint density at radius 2 is 1.79 bits per heavy atom. The van der Waals surface area contributed by atoms with Crippen LogP contribution < -0.4 is 14.4 Å². The predicted octanol–water partition coefficient (Wildman–Crippen LogP) is 1.86. The van der Waals surface area contributed by atoms with E-state index in [0.717, 1.165) is 0 Å². The lowest BCUT2D eigenvalue weighted by Gasteiger charge is -2.37. The molecule has 2 aromatic carbocycles. The van der Waals surface area contributed by atoms with Crippen LogP contribution in [-0.2, 0) is 14.3 Å². The first kappa shape index (κ1) is 19.2. The molecule has 0 N–H and O–H groups in total. The number of anilines is 1. The molecule has 2 aromatic rings. The average molecular weight is 400 g/mol. The molecular weight excluding hydrogens is 379 g/mol. The Bertz CT molecular complexity index is 900. The zero-order valence-electron chi connectivity index (χ0n) is 15.8. The van der Waals surface area contributed by atoms with E-state index in [9.17, 15) is 14.0 Å². The smallest absolute Gasteiger partial charge is 0.265 e. The maximum atomic E-state index is 13.8. The number of amides is 2. The molecule has 4 rings (SSSR count). The summed E-state index contributed by atoms with van der Waals surface area (Å²) < 4.78 is 30.3. The van der Waals surface area contributed by atoms with Crippen LogP contribution in [0.2, 0.25) is 0 Å². The number of carbonyl (C=O) groups excluding carboxylic acids is 2. The zero-order valence-corrected chi connectivity index (χ0v) is 15.8. The fourth-order valence-electron chi connectivity index (χ4n) is 3.37. The summed E-state index contributed by atoms with van der Waals surface area (Å²) in [6, 6.07) is 12.9. The summed E-state index contributed by atoms with van der Waals surface area (Å²) in [5, 5.41) is 0. The second-order valence-corrected chi connectivity index (χ2v) is 6.74. The van der Waals surface area contributed by atoms with Crippen LogP contribution in [0.5, 0.6) is 11.5 Å². The van der Waals surface area contributed by atoms with Gasteiger partial charge in [0, 0.05) is 13.1 Å². The molecule has 1 saturated heterocycles. The van der Waals surface area contributed by atoms with E-state index < -0.39 is 11.9 Å². The van der Waals surface area contributed by atoms with E-state index in [4.69, 9.17) is 14.2 Å². The van der Waals surface area contributed by atoms with Crippen molar-refractivity contribution >= 4 is 17.5 Å². The summed E-state index contributed by atoms with van der Waals surface area (Å²) in [6.45, 7) is 1.65. The fraction of sp³-hybridized carbons (Fsp3) is 0.333. The number of morpholine rings is 1. The summed E-state index contributed by atoms with van der Waals surface area (Å²) in [7, 11) is 0. The summed E-state index contributed by atoms with van der Waals surface area (Å²) in [6.07, 6.45) is -0.819. The number of rotatable bonds is 4. The fourth-order valence-corrected chi connectivity index (χ4v) is 3.37. The Kier molecular flexibility index (Phi) is 5.62. The molecule has 0 bridgehead atoms. The monoisotopic (exact) mass is 400 g/mol. The summed E-state index contributed by atoms with van der Waals surface area (Å²) in [5.41, 5.74) is 0.556. The number of nitrogens with zero attached hydrogens (tertiary/aromatic N) is 2. The molecule has 1 atom stereocenters. The minimum Gasteiger partial charge on any atom is -0.481 e. The van der Waals surface area contributed by atoms with E-state index in [1.165, 1.54) is 17.0 Å². The van der Waals surface area contributed by atoms with Gasteiger partial charge in [-0.25, -0.2) is 4.39 Å². The topological polar surface area (TPSA) is 68.3 Å². The molecule has 0 saturated carbocycles. The Morgan fingerprint density at radius 3 is 2.59 bits per heavy atom. The number of halogens is 1. The van der Waals surface area contributed by atoms with E-state index in [-0.39, 0.29) is 30.7 Å². The summed E-state index contributed by atoms with van der Waals surface area (Å²) in [4.78, 5) is 28.9. The van der Waals surface area contributed by atoms with E-state index in [1.807, 2.05) is 0 Å². The number of ether oxygens (including phenoxy) is 3. The van der Waals surface area contributed by atoms with Gasteiger partial charge < -0.3 is 24.0 Å². The number of para-hydroxylation sites is 3. The normalized spacial score (nSPS) is 18.6. The lowest BCUT2D eigenvalue weighted by atomic mass is 10.1. The van der Waals surface area contributed by atoms with Crippen molar-refractivity contribution in [1.29, 1.82) is 0 Å². The maximum Gasteiger partial charge on any atom is 0.265 e. The van der Waals surface area contributed by atoms with Crippen molar-refractivity contribution < 1.29 is 28.2 Å². The standard InChI is InChI=1S/C21H21FN2O5/c22-15-5-1-3-7-17(15)28-14-20(25)24-13-19(21(26)23-9-11-27-12-10-23)29-18-8-4-2-6-16(18)24/h1-8,19H,9-14H2/t19-/m0/s1. The van der Waals surface area contributed by atoms with Gasteiger partial charge in [-0.1, -0.05) is 24.3 Å². The van der Waals surface area contributed by atoms with Crippen LogP contribution in [0.3, 0.4) is 0 Å². The van der Waals surface area contributed by atoms with Crippen LogP contribution in [-0.4, -0.2) is 62.3 Å². The van der Waals surface area contributed by atoms with Gasteiger partial charge >= 0.3 is 0 Å². The zero-order chi connectivity index (χ0) is 20.2. The number of hydrogen-bond acceptors (Lipinski definition) is 5. The second-order valence-electron chi connectivity index (χ2n) is 6.74. The van der Waals surface area contributed by atoms with E-state index in [1.54, 1.807) is 41.3 Å². The largest absolute Gasteiger partial charge is 0.481 e. The lowest BCUT2D eigenvalue weighted by Crippen LogP contribution is -2.54. The third kappa shape index (κ3) is 4.17. The highest BCUT2D eigenvalue weighted by Crippen LogP contribution is 2.33. The lowest BCUT2D eigenvalue weighted by molar-refractivity contribution is -0.142. The quantitative estimate of drug-likeness (QED) is 0.784. The van der Waals surface area contributed by atoms with Gasteiger partial charge in [-0.05, 0) is 24.3 Å². The minimum atomic E-state index is -0.819. The molecule has 0 aromatic heterocycles. The van der Waals surface area contributed by atoms with Crippen LogP contribution >= 0.6 is 0 Å². The Morgan fingerprint density at radius 1 is 1.07 bits per heavy atom. The van der Waals surface area contributed by atoms with Crippen molar-refractivity contribution in [2.45, 2.75) is 6.10 Å². The molecule has 0 radical (unpaired) electrons. The molecule has 2 aliphatic heterocycles. The first-order chi connectivity index (χ1) is 14.1. The predicted molar refractivity (Wildman–Crippen MR) is 103 cm³/mol. The van der Waals surface area contributed by atoms with Crippen LogP contribution in [0.25, 0.3) is 0 Å². The molecule has 2 aliphatic rings. The highest BCUT2D eigenvalue weighted by Gasteiger charge is 2.36. The molecule has 29 heavy (non-hydrogen) atoms. The highest BCUT2D eigenvalue weighted by atomic mass is 19.1. The highest BCUT2D eigenvalue weighted by molar-refractivity contribution is 5.98. The molecular formula is C21H21FN2O5. The third-order valence-corrected chi connectivity index (χ3v) is 4.86. The van der Waals surface area contributed by atoms with Crippen molar-refractivity contribution in [3.63, 3.8) is 0 Å². The first-order valence-corrected chi connectivity index (χ1v) is 9.43. The SMILES string of the molecule is O=C([C@@H]1CN(C(=O)COc2ccccc2F)c2ccccc2O1)N1CCOCC1. The van der Waals surface area contributed by atoms with E-state index >= 15 is 0 Å². The van der Waals surface area contributed by atoms with Crippen molar-refractivity contribution in [1.82, 2.24) is 4.90 Å². The van der Waals surface area contributed by atoms with Gasteiger partial charge in [0.1, 0.15) is 5.75 Å². The van der Waals surface area contributed by atoms with Gasteiger partial charge in [0.05, 0.1) is 25.4 Å². The van der Waals surface area contributed by atoms with Gasteiger partial charge in [0.2, 0.25) is 0 Å². The van der Waals surface area contributed by atoms with Crippen LogP contribution in [0.1, 0.15) is 0 Å². The average Bonchev–Trinajstić information content (AvgIpc) is 2.77. The van der Waals surface area contributed by atoms with Crippen molar-refractivity contribution in [2.75, 3.05) is 44.4 Å². The maximum absolute atomic E-state index is 13.8. The van der Waals surface area contributed by atoms with Crippen LogP contribution in [0.15, 0.2) is 48.5 Å². The van der Waals surface area contributed by atoms with Gasteiger partial charge in [0.25, 0.3) is 11.8 Å². The summed E-state index contributed by atoms with van der Waals surface area (Å²) in [5.74, 6) is -0.657. The molecule has 2 amide bonds. The first-order valence-electron chi connectivity index (χ1n) is 9.43. The molecule has 7 nitrogen and oxygen atoms in total. The van der Waals surface area contributed by atoms with Gasteiger partial charge in [-0.3, -0.25) is 9.59 Å². The van der Waals surface area contributed by atoms with Crippen molar-refractivity contribution in [2.24, 2.45) is 0 Å². The Labute approximate surface area is 167 Å². The van der Waals surface area contributed by atoms with Crippen molar-refractivity contribution in [3.05, 3.63) is 54.3 Å². The molecule has 2 heterocycles. The minimum absolute atomic E-state index is 0.00309. The van der Waals surface area contributed by atoms with Crippen LogP contribution in [0.4, 0.5) is 10.1 Å². The molecule has 0 unspecified atom stereocenters. The number of hydrogen-bond donors (Lipinski definition) is 0. The molecule has 0 aliphatic carbocycles. The molecule has 152 valence electrons. The third-order valence-electron chi connectivity index (χ3n) is 4.86. The Balaban J connectivity index is 1.50. The Hall–Kier alpha value is -3.13. The number of carbonyl (C=O) groups is 2. The molecule has 0 spiro atoms. The number of fused-ring (bicyclic) bond motifs is 1. The molecule has 1 fully saturated rings. The van der Waals surface area contributed by atoms with Gasteiger partial charge in [-0.2, -0.15) is 0 Å². The van der Waals surface area contributed by atoms with Crippen molar-refractivity contribution in [3.8, 4) is 11.5 Å². The van der Waals surface area contributed by atoms with Crippen LogP contribution in [0, 0.1) is 5.82 Å². The molecule has 8 heteroatoms. The van der Waals surface area contributed by atoms with Gasteiger partial charge in [-0.15, -0.1) is 0 Å². The van der Waals surface area contributed by atoms with Gasteiger partial charge in [0.15, 0.2) is 24.3 Å². The second kappa shape index (κ2) is 8.48.